The lowest BCUT2D eigenvalue weighted by atomic mass is 9.94. The highest BCUT2D eigenvalue weighted by atomic mass is 16.6. The van der Waals surface area contributed by atoms with Crippen LogP contribution in [-0.2, 0) is 9.47 Å². The van der Waals surface area contributed by atoms with Crippen molar-refractivity contribution in [3.63, 3.8) is 0 Å². The number of nitrogens with zero attached hydrogens (tertiary/aromatic N) is 4. The fraction of sp³-hybridized carbons (Fsp3) is 0.706. The highest BCUT2D eigenvalue weighted by molar-refractivity contribution is 5.89. The average molecular weight is 332 g/mol. The first-order valence-electron chi connectivity index (χ1n) is 8.74. The van der Waals surface area contributed by atoms with E-state index in [1.165, 1.54) is 6.42 Å². The Morgan fingerprint density at radius 3 is 2.92 bits per heavy atom. The number of likely N-dealkylation sites (tertiary alicyclic amines) is 1. The largest absolute Gasteiger partial charge is 0.440 e. The zero-order chi connectivity index (χ0) is 16.6. The number of carbonyl (C=O) groups excluding carboxylic acids is 1. The molecule has 1 aromatic heterocycles. The molecule has 0 saturated carbocycles. The fourth-order valence-corrected chi connectivity index (χ4v) is 3.91. The lowest BCUT2D eigenvalue weighted by Crippen LogP contribution is -2.40. The topological polar surface area (TPSA) is 67.8 Å². The number of amides is 1. The lowest BCUT2D eigenvalue weighted by molar-refractivity contribution is -0.0431. The fourth-order valence-electron chi connectivity index (χ4n) is 3.91. The molecule has 4 rings (SSSR count). The third-order valence-electron chi connectivity index (χ3n) is 5.33. The van der Waals surface area contributed by atoms with Gasteiger partial charge in [-0.2, -0.15) is 0 Å². The molecule has 3 saturated heterocycles. The second kappa shape index (κ2) is 6.29. The zero-order valence-electron chi connectivity index (χ0n) is 14.1. The van der Waals surface area contributed by atoms with E-state index in [0.29, 0.717) is 31.5 Å². The van der Waals surface area contributed by atoms with Crippen LogP contribution >= 0.6 is 0 Å². The summed E-state index contributed by atoms with van der Waals surface area (Å²) < 4.78 is 11.1. The number of piperidine rings is 1. The highest BCUT2D eigenvalue weighted by Gasteiger charge is 2.47. The van der Waals surface area contributed by atoms with Crippen LogP contribution in [0.15, 0.2) is 12.4 Å². The molecular formula is C17H24N4O3. The summed E-state index contributed by atoms with van der Waals surface area (Å²) in [5.41, 5.74) is 0.553. The van der Waals surface area contributed by atoms with Crippen molar-refractivity contribution >= 4 is 11.9 Å². The van der Waals surface area contributed by atoms with Gasteiger partial charge in [0.15, 0.2) is 5.82 Å². The van der Waals surface area contributed by atoms with Crippen molar-refractivity contribution in [3.8, 4) is 0 Å². The molecule has 1 amide bonds. The van der Waals surface area contributed by atoms with Crippen LogP contribution in [0.3, 0.4) is 0 Å². The minimum absolute atomic E-state index is 0.316. The number of rotatable bonds is 2. The minimum Gasteiger partial charge on any atom is -0.440 e. The molecule has 0 radical (unpaired) electrons. The zero-order valence-corrected chi connectivity index (χ0v) is 14.1. The Kier molecular flexibility index (Phi) is 4.14. The maximum atomic E-state index is 12.4. The van der Waals surface area contributed by atoms with Crippen LogP contribution in [0.25, 0.3) is 0 Å². The second-order valence-electron chi connectivity index (χ2n) is 7.15. The van der Waals surface area contributed by atoms with Gasteiger partial charge in [-0.15, -0.1) is 0 Å². The molecular weight excluding hydrogens is 308 g/mol. The van der Waals surface area contributed by atoms with Gasteiger partial charge in [-0.05, 0) is 26.4 Å². The maximum absolute atomic E-state index is 12.4. The summed E-state index contributed by atoms with van der Waals surface area (Å²) in [4.78, 5) is 25.4. The summed E-state index contributed by atoms with van der Waals surface area (Å²) in [5, 5.41) is 0. The number of ether oxygens (including phenoxy) is 2. The Hall–Kier alpha value is -1.73. The maximum Gasteiger partial charge on any atom is 0.416 e. The highest BCUT2D eigenvalue weighted by Crippen LogP contribution is 2.35. The Bertz CT molecular complexity index is 618. The molecule has 24 heavy (non-hydrogen) atoms. The van der Waals surface area contributed by atoms with Gasteiger partial charge in [0, 0.05) is 31.5 Å². The summed E-state index contributed by atoms with van der Waals surface area (Å²) in [7, 11) is 2.14. The van der Waals surface area contributed by atoms with Crippen LogP contribution in [-0.4, -0.2) is 66.5 Å². The molecule has 4 heterocycles. The number of anilines is 1. The van der Waals surface area contributed by atoms with Crippen molar-refractivity contribution in [3.05, 3.63) is 18.1 Å². The van der Waals surface area contributed by atoms with Gasteiger partial charge in [-0.3, -0.25) is 9.88 Å². The van der Waals surface area contributed by atoms with E-state index in [-0.39, 0.29) is 6.09 Å². The normalized spacial score (nSPS) is 27.5. The van der Waals surface area contributed by atoms with Crippen molar-refractivity contribution < 1.29 is 14.3 Å². The first-order chi connectivity index (χ1) is 11.7. The Morgan fingerprint density at radius 1 is 1.29 bits per heavy atom. The predicted octanol–water partition coefficient (Wildman–Crippen LogP) is 1.79. The van der Waals surface area contributed by atoms with Gasteiger partial charge in [0.2, 0.25) is 0 Å². The summed E-state index contributed by atoms with van der Waals surface area (Å²) in [6.07, 6.45) is 6.96. The van der Waals surface area contributed by atoms with Crippen molar-refractivity contribution in [1.29, 1.82) is 0 Å². The summed E-state index contributed by atoms with van der Waals surface area (Å²) in [6.45, 7) is 3.94. The van der Waals surface area contributed by atoms with E-state index >= 15 is 0 Å². The van der Waals surface area contributed by atoms with Gasteiger partial charge in [-0.1, -0.05) is 0 Å². The third-order valence-corrected chi connectivity index (χ3v) is 5.33. The van der Waals surface area contributed by atoms with E-state index in [9.17, 15) is 4.79 Å². The summed E-state index contributed by atoms with van der Waals surface area (Å²) in [5.74, 6) is 0.987. The standard InChI is InChI=1S/C17H24N4O3/c1-20-6-2-3-13(11-20)14-9-18-10-15(19-14)21-12-17(24-16(21)22)4-7-23-8-5-17/h9-10,13H,2-8,11-12H2,1H3/t13-/m0/s1. The quantitative estimate of drug-likeness (QED) is 0.822. The molecule has 7 nitrogen and oxygen atoms in total. The molecule has 7 heteroatoms. The van der Waals surface area contributed by atoms with E-state index in [1.54, 1.807) is 11.1 Å². The molecule has 0 aliphatic carbocycles. The SMILES string of the molecule is CN1CCC[C@H](c2cncc(N3CC4(CCOCC4)OC3=O)n2)C1. The summed E-state index contributed by atoms with van der Waals surface area (Å²) >= 11 is 0. The monoisotopic (exact) mass is 332 g/mol. The lowest BCUT2D eigenvalue weighted by Gasteiger charge is -2.30. The summed E-state index contributed by atoms with van der Waals surface area (Å²) in [6, 6.07) is 0. The van der Waals surface area contributed by atoms with Crippen molar-refractivity contribution in [1.82, 2.24) is 14.9 Å². The number of hydrogen-bond donors (Lipinski definition) is 0. The van der Waals surface area contributed by atoms with Crippen molar-refractivity contribution in [2.75, 3.05) is 44.8 Å². The first kappa shape index (κ1) is 15.8. The molecule has 3 aliphatic rings. The molecule has 1 spiro atoms. The van der Waals surface area contributed by atoms with E-state index in [4.69, 9.17) is 14.5 Å². The number of aromatic nitrogens is 2. The van der Waals surface area contributed by atoms with Gasteiger partial charge in [0.1, 0.15) is 5.60 Å². The van der Waals surface area contributed by atoms with Gasteiger partial charge < -0.3 is 14.4 Å². The second-order valence-corrected chi connectivity index (χ2v) is 7.15. The third kappa shape index (κ3) is 2.98. The van der Waals surface area contributed by atoms with Crippen LogP contribution < -0.4 is 4.90 Å². The number of likely N-dealkylation sites (N-methyl/N-ethyl adjacent to an activating group) is 1. The molecule has 0 bridgehead atoms. The van der Waals surface area contributed by atoms with Crippen LogP contribution in [0.2, 0.25) is 0 Å². The van der Waals surface area contributed by atoms with Gasteiger partial charge in [0.25, 0.3) is 0 Å². The predicted molar refractivity (Wildman–Crippen MR) is 88.1 cm³/mol. The van der Waals surface area contributed by atoms with Crippen LogP contribution in [0.4, 0.5) is 10.6 Å². The van der Waals surface area contributed by atoms with Gasteiger partial charge in [-0.25, -0.2) is 9.78 Å². The molecule has 0 aromatic carbocycles. The number of hydrogen-bond acceptors (Lipinski definition) is 6. The van der Waals surface area contributed by atoms with Crippen LogP contribution in [0.1, 0.15) is 37.3 Å². The molecule has 3 aliphatic heterocycles. The molecule has 3 fully saturated rings. The average Bonchev–Trinajstić information content (AvgIpc) is 2.91. The van der Waals surface area contributed by atoms with Crippen LogP contribution in [0.5, 0.6) is 0 Å². The minimum atomic E-state index is -0.419. The Labute approximate surface area is 142 Å². The number of carbonyl (C=O) groups is 1. The molecule has 1 aromatic rings. The van der Waals surface area contributed by atoms with Crippen molar-refractivity contribution in [2.24, 2.45) is 0 Å². The van der Waals surface area contributed by atoms with E-state index in [0.717, 1.165) is 38.0 Å². The molecule has 0 unspecified atom stereocenters. The molecule has 1 atom stereocenters. The van der Waals surface area contributed by atoms with Crippen molar-refractivity contribution in [2.45, 2.75) is 37.2 Å². The van der Waals surface area contributed by atoms with Crippen LogP contribution in [0, 0.1) is 0 Å². The van der Waals surface area contributed by atoms with E-state index in [1.807, 2.05) is 6.20 Å². The van der Waals surface area contributed by atoms with E-state index < -0.39 is 5.60 Å². The smallest absolute Gasteiger partial charge is 0.416 e. The molecule has 130 valence electrons. The first-order valence-corrected chi connectivity index (χ1v) is 8.74. The Morgan fingerprint density at radius 2 is 2.12 bits per heavy atom. The Balaban J connectivity index is 1.54. The van der Waals surface area contributed by atoms with Gasteiger partial charge >= 0.3 is 6.09 Å². The molecule has 0 N–H and O–H groups in total. The van der Waals surface area contributed by atoms with E-state index in [2.05, 4.69) is 16.9 Å². The van der Waals surface area contributed by atoms with Gasteiger partial charge in [0.05, 0.1) is 31.6 Å².